The summed E-state index contributed by atoms with van der Waals surface area (Å²) >= 11 is 0. The van der Waals surface area contributed by atoms with Gasteiger partial charge in [-0.15, -0.1) is 0 Å². The number of carbonyl (C=O) groups is 1. The number of nitrogens with zero attached hydrogens (tertiary/aromatic N) is 1. The quantitative estimate of drug-likeness (QED) is 0.846. The molecule has 1 aromatic rings. The minimum atomic E-state index is -0.690. The second-order valence-corrected chi connectivity index (χ2v) is 5.85. The van der Waals surface area contributed by atoms with E-state index in [4.69, 9.17) is 0 Å². The molecule has 0 bridgehead atoms. The van der Waals surface area contributed by atoms with Gasteiger partial charge in [-0.2, -0.15) is 0 Å². The molecule has 1 heterocycles. The number of halogens is 1. The Labute approximate surface area is 112 Å². The summed E-state index contributed by atoms with van der Waals surface area (Å²) in [7, 11) is 0. The maximum atomic E-state index is 13.0. The maximum Gasteiger partial charge on any atom is 0.254 e. The van der Waals surface area contributed by atoms with Crippen LogP contribution in [0.1, 0.15) is 42.5 Å². The van der Waals surface area contributed by atoms with E-state index in [9.17, 15) is 14.3 Å². The average molecular weight is 263 g/mol. The van der Waals surface area contributed by atoms with E-state index >= 15 is 0 Å². The van der Waals surface area contributed by atoms with E-state index in [2.05, 4.69) is 0 Å². The number of hydrogen-bond donors (Lipinski definition) is 1. The Morgan fingerprint density at radius 2 is 2.00 bits per heavy atom. The zero-order chi connectivity index (χ0) is 13.5. The molecule has 3 rings (SSSR count). The smallest absolute Gasteiger partial charge is 0.254 e. The molecular weight excluding hydrogens is 245 g/mol. The van der Waals surface area contributed by atoms with Crippen molar-refractivity contribution in [1.82, 2.24) is 4.90 Å². The topological polar surface area (TPSA) is 40.5 Å². The van der Waals surface area contributed by atoms with Crippen LogP contribution in [0.4, 0.5) is 4.39 Å². The van der Waals surface area contributed by atoms with Crippen LogP contribution >= 0.6 is 0 Å². The van der Waals surface area contributed by atoms with E-state index in [1.807, 2.05) is 4.90 Å². The molecule has 1 aliphatic heterocycles. The summed E-state index contributed by atoms with van der Waals surface area (Å²) in [6, 6.07) is 3.80. The summed E-state index contributed by atoms with van der Waals surface area (Å²) in [5.41, 5.74) is 0.700. The third-order valence-electron chi connectivity index (χ3n) is 4.58. The minimum absolute atomic E-state index is 0.0981. The molecule has 1 spiro atoms. The number of rotatable bonds is 1. The Morgan fingerprint density at radius 1 is 1.26 bits per heavy atom. The standard InChI is InChI=1S/C15H18FNO2/c16-12-4-3-11(9-13(12)18)14(19)17-8-7-15(10-17)5-1-2-6-15/h3-4,9,18H,1-2,5-8,10H2. The molecule has 1 N–H and O–H groups in total. The van der Waals surface area contributed by atoms with Crippen LogP contribution in [-0.4, -0.2) is 29.0 Å². The van der Waals surface area contributed by atoms with Crippen molar-refractivity contribution in [2.24, 2.45) is 5.41 Å². The highest BCUT2D eigenvalue weighted by Gasteiger charge is 2.41. The van der Waals surface area contributed by atoms with Crippen LogP contribution in [-0.2, 0) is 0 Å². The van der Waals surface area contributed by atoms with E-state index in [0.29, 0.717) is 11.0 Å². The zero-order valence-corrected chi connectivity index (χ0v) is 10.9. The van der Waals surface area contributed by atoms with Crippen molar-refractivity contribution in [3.63, 3.8) is 0 Å². The first-order valence-electron chi connectivity index (χ1n) is 6.88. The lowest BCUT2D eigenvalue weighted by atomic mass is 9.86. The fourth-order valence-corrected chi connectivity index (χ4v) is 3.47. The average Bonchev–Trinajstić information content (AvgIpc) is 3.03. The van der Waals surface area contributed by atoms with Gasteiger partial charge in [0.1, 0.15) is 0 Å². The first-order chi connectivity index (χ1) is 9.10. The highest BCUT2D eigenvalue weighted by Crippen LogP contribution is 2.45. The Kier molecular flexibility index (Phi) is 2.96. The molecule has 0 atom stereocenters. The van der Waals surface area contributed by atoms with Crippen LogP contribution in [0.25, 0.3) is 0 Å². The van der Waals surface area contributed by atoms with Crippen molar-refractivity contribution in [3.8, 4) is 5.75 Å². The molecule has 1 amide bonds. The molecule has 0 aromatic heterocycles. The molecule has 2 fully saturated rings. The molecule has 0 unspecified atom stereocenters. The number of aromatic hydroxyl groups is 1. The maximum absolute atomic E-state index is 13.0. The van der Waals surface area contributed by atoms with Gasteiger partial charge in [0.05, 0.1) is 0 Å². The minimum Gasteiger partial charge on any atom is -0.505 e. The van der Waals surface area contributed by atoms with Gasteiger partial charge in [-0.1, -0.05) is 12.8 Å². The van der Waals surface area contributed by atoms with Crippen LogP contribution in [0.2, 0.25) is 0 Å². The van der Waals surface area contributed by atoms with Crippen molar-refractivity contribution in [3.05, 3.63) is 29.6 Å². The van der Waals surface area contributed by atoms with Gasteiger partial charge in [0.15, 0.2) is 11.6 Å². The highest BCUT2D eigenvalue weighted by molar-refractivity contribution is 5.94. The van der Waals surface area contributed by atoms with Crippen LogP contribution in [0.15, 0.2) is 18.2 Å². The predicted octanol–water partition coefficient (Wildman–Crippen LogP) is 2.94. The number of phenolic OH excluding ortho intramolecular Hbond substituents is 1. The lowest BCUT2D eigenvalue weighted by Gasteiger charge is -2.23. The second-order valence-electron chi connectivity index (χ2n) is 5.85. The molecule has 1 aliphatic carbocycles. The summed E-state index contributed by atoms with van der Waals surface area (Å²) in [5.74, 6) is -1.25. The van der Waals surface area contributed by atoms with Gasteiger partial charge in [-0.3, -0.25) is 4.79 Å². The Hall–Kier alpha value is -1.58. The third kappa shape index (κ3) is 2.20. The van der Waals surface area contributed by atoms with Crippen LogP contribution < -0.4 is 0 Å². The molecule has 4 heteroatoms. The molecule has 102 valence electrons. The lowest BCUT2D eigenvalue weighted by Crippen LogP contribution is -2.31. The van der Waals surface area contributed by atoms with Crippen LogP contribution in [0.5, 0.6) is 5.75 Å². The first-order valence-corrected chi connectivity index (χ1v) is 6.88. The number of phenols is 1. The van der Waals surface area contributed by atoms with E-state index in [0.717, 1.165) is 25.6 Å². The lowest BCUT2D eigenvalue weighted by molar-refractivity contribution is 0.0772. The van der Waals surface area contributed by atoms with Crippen molar-refractivity contribution in [2.75, 3.05) is 13.1 Å². The van der Waals surface area contributed by atoms with Crippen molar-refractivity contribution in [1.29, 1.82) is 0 Å². The first kappa shape index (κ1) is 12.5. The number of amides is 1. The van der Waals surface area contributed by atoms with Gasteiger partial charge in [-0.05, 0) is 42.9 Å². The monoisotopic (exact) mass is 263 g/mol. The van der Waals surface area contributed by atoms with E-state index in [-0.39, 0.29) is 5.91 Å². The third-order valence-corrected chi connectivity index (χ3v) is 4.58. The van der Waals surface area contributed by atoms with Crippen molar-refractivity contribution in [2.45, 2.75) is 32.1 Å². The summed E-state index contributed by atoms with van der Waals surface area (Å²) < 4.78 is 13.0. The molecule has 19 heavy (non-hydrogen) atoms. The zero-order valence-electron chi connectivity index (χ0n) is 10.9. The van der Waals surface area contributed by atoms with Crippen LogP contribution in [0, 0.1) is 11.2 Å². The fraction of sp³-hybridized carbons (Fsp3) is 0.533. The van der Waals surface area contributed by atoms with Gasteiger partial charge in [0.25, 0.3) is 5.91 Å². The largest absolute Gasteiger partial charge is 0.505 e. The SMILES string of the molecule is O=C(c1ccc(F)c(O)c1)N1CCC2(CCCC2)C1. The summed E-state index contributed by atoms with van der Waals surface area (Å²) in [6.07, 6.45) is 6.03. The Balaban J connectivity index is 1.76. The Morgan fingerprint density at radius 3 is 2.68 bits per heavy atom. The number of carbonyl (C=O) groups excluding carboxylic acids is 1. The van der Waals surface area contributed by atoms with Gasteiger partial charge >= 0.3 is 0 Å². The summed E-state index contributed by atoms with van der Waals surface area (Å²) in [6.45, 7) is 1.58. The fourth-order valence-electron chi connectivity index (χ4n) is 3.47. The second kappa shape index (κ2) is 4.51. The number of benzene rings is 1. The summed E-state index contributed by atoms with van der Waals surface area (Å²) in [4.78, 5) is 14.2. The highest BCUT2D eigenvalue weighted by atomic mass is 19.1. The van der Waals surface area contributed by atoms with Gasteiger partial charge in [0, 0.05) is 18.7 Å². The van der Waals surface area contributed by atoms with Crippen molar-refractivity contribution >= 4 is 5.91 Å². The Bertz CT molecular complexity index is 509. The van der Waals surface area contributed by atoms with Gasteiger partial charge < -0.3 is 10.0 Å². The van der Waals surface area contributed by atoms with E-state index in [1.165, 1.54) is 37.8 Å². The van der Waals surface area contributed by atoms with E-state index in [1.54, 1.807) is 0 Å². The molecule has 1 saturated carbocycles. The number of hydrogen-bond acceptors (Lipinski definition) is 2. The molecular formula is C15H18FNO2. The molecule has 3 nitrogen and oxygen atoms in total. The molecule has 2 aliphatic rings. The normalized spacial score (nSPS) is 21.2. The molecule has 1 aromatic carbocycles. The molecule has 0 radical (unpaired) electrons. The van der Waals surface area contributed by atoms with Crippen molar-refractivity contribution < 1.29 is 14.3 Å². The predicted molar refractivity (Wildman–Crippen MR) is 69.5 cm³/mol. The van der Waals surface area contributed by atoms with Gasteiger partial charge in [-0.25, -0.2) is 4.39 Å². The number of likely N-dealkylation sites (tertiary alicyclic amines) is 1. The van der Waals surface area contributed by atoms with E-state index < -0.39 is 11.6 Å². The van der Waals surface area contributed by atoms with Gasteiger partial charge in [0.2, 0.25) is 0 Å². The summed E-state index contributed by atoms with van der Waals surface area (Å²) in [5, 5.41) is 9.35. The van der Waals surface area contributed by atoms with Crippen LogP contribution in [0.3, 0.4) is 0 Å². The molecule has 1 saturated heterocycles.